The second-order valence-electron chi connectivity index (χ2n) is 4.13. The van der Waals surface area contributed by atoms with Crippen LogP contribution in [0.15, 0.2) is 0 Å². The van der Waals surface area contributed by atoms with Crippen LogP contribution in [0.5, 0.6) is 0 Å². The van der Waals surface area contributed by atoms with Gasteiger partial charge in [0.2, 0.25) is 0 Å². The second-order valence-corrected chi connectivity index (χ2v) is 4.13. The molecule has 0 aromatic rings. The minimum atomic E-state index is -0.144. The first-order valence-electron chi connectivity index (χ1n) is 5.05. The van der Waals surface area contributed by atoms with E-state index < -0.39 is 0 Å². The van der Waals surface area contributed by atoms with Crippen molar-refractivity contribution < 1.29 is 9.53 Å². The van der Waals surface area contributed by atoms with Gasteiger partial charge in [-0.25, -0.2) is 0 Å². The largest absolute Gasteiger partial charge is 0.468 e. The summed E-state index contributed by atoms with van der Waals surface area (Å²) in [4.78, 5) is 15.6. The van der Waals surface area contributed by atoms with Crippen LogP contribution < -0.4 is 0 Å². The zero-order valence-corrected chi connectivity index (χ0v) is 9.49. The summed E-state index contributed by atoms with van der Waals surface area (Å²) < 4.78 is 4.66. The van der Waals surface area contributed by atoms with Gasteiger partial charge in [-0.15, -0.1) is 0 Å². The molecule has 82 valence electrons. The molecule has 0 N–H and O–H groups in total. The van der Waals surface area contributed by atoms with E-state index in [1.807, 2.05) is 0 Å². The fraction of sp³-hybridized carbons (Fsp3) is 0.900. The lowest BCUT2D eigenvalue weighted by Gasteiger charge is -2.41. The molecule has 0 radical (unpaired) electrons. The fourth-order valence-corrected chi connectivity index (χ4v) is 1.89. The summed E-state index contributed by atoms with van der Waals surface area (Å²) in [7, 11) is 3.57. The first-order chi connectivity index (χ1) is 6.54. The number of esters is 1. The van der Waals surface area contributed by atoms with E-state index in [1.165, 1.54) is 7.11 Å². The van der Waals surface area contributed by atoms with Crippen molar-refractivity contribution in [2.45, 2.75) is 25.9 Å². The molecular formula is C10H20N2O2. The topological polar surface area (TPSA) is 32.8 Å². The predicted octanol–water partition coefficient (Wildman–Crippen LogP) is 0.184. The Labute approximate surface area is 85.8 Å². The Bertz CT molecular complexity index is 196. The van der Waals surface area contributed by atoms with Gasteiger partial charge in [-0.1, -0.05) is 0 Å². The molecule has 0 bridgehead atoms. The molecule has 1 aliphatic heterocycles. The van der Waals surface area contributed by atoms with Crippen molar-refractivity contribution in [2.24, 2.45) is 0 Å². The maximum absolute atomic E-state index is 11.1. The predicted molar refractivity (Wildman–Crippen MR) is 55.1 cm³/mol. The van der Waals surface area contributed by atoms with Crippen LogP contribution in [0.4, 0.5) is 0 Å². The molecule has 1 saturated heterocycles. The quantitative estimate of drug-likeness (QED) is 0.595. The lowest BCUT2D eigenvalue weighted by atomic mass is 10.1. The van der Waals surface area contributed by atoms with Crippen LogP contribution in [0.1, 0.15) is 13.8 Å². The molecule has 1 fully saturated rings. The molecule has 4 nitrogen and oxygen atoms in total. The van der Waals surface area contributed by atoms with E-state index in [4.69, 9.17) is 0 Å². The molecule has 0 unspecified atom stereocenters. The Morgan fingerprint density at radius 3 is 2.29 bits per heavy atom. The normalized spacial score (nSPS) is 30.3. The first kappa shape index (κ1) is 11.5. The first-order valence-corrected chi connectivity index (χ1v) is 5.05. The highest BCUT2D eigenvalue weighted by atomic mass is 16.5. The zero-order valence-electron chi connectivity index (χ0n) is 9.49. The van der Waals surface area contributed by atoms with Crippen LogP contribution in [0.25, 0.3) is 0 Å². The number of ether oxygens (including phenoxy) is 1. The number of hydrogen-bond donors (Lipinski definition) is 0. The third kappa shape index (κ3) is 2.69. The molecule has 0 aliphatic carbocycles. The third-order valence-electron chi connectivity index (χ3n) is 3.02. The SMILES string of the molecule is COC(=O)CN1C[C@@H](C)N(C)[C@@H](C)C1. The van der Waals surface area contributed by atoms with Crippen molar-refractivity contribution >= 4 is 5.97 Å². The van der Waals surface area contributed by atoms with Crippen LogP contribution in [0.2, 0.25) is 0 Å². The van der Waals surface area contributed by atoms with Crippen LogP contribution in [-0.4, -0.2) is 61.6 Å². The van der Waals surface area contributed by atoms with E-state index in [-0.39, 0.29) is 5.97 Å². The molecule has 14 heavy (non-hydrogen) atoms. The van der Waals surface area contributed by atoms with Gasteiger partial charge >= 0.3 is 5.97 Å². The monoisotopic (exact) mass is 200 g/mol. The highest BCUT2D eigenvalue weighted by molar-refractivity contribution is 5.71. The zero-order chi connectivity index (χ0) is 10.7. The number of carbonyl (C=O) groups excluding carboxylic acids is 1. The van der Waals surface area contributed by atoms with E-state index >= 15 is 0 Å². The summed E-state index contributed by atoms with van der Waals surface area (Å²) in [5.41, 5.74) is 0. The minimum Gasteiger partial charge on any atom is -0.468 e. The summed E-state index contributed by atoms with van der Waals surface area (Å²) in [6.07, 6.45) is 0. The summed E-state index contributed by atoms with van der Waals surface area (Å²) >= 11 is 0. The van der Waals surface area contributed by atoms with Crippen molar-refractivity contribution in [3.05, 3.63) is 0 Å². The number of hydrogen-bond acceptors (Lipinski definition) is 4. The maximum atomic E-state index is 11.1. The molecule has 2 atom stereocenters. The van der Waals surface area contributed by atoms with E-state index in [2.05, 4.69) is 35.4 Å². The average Bonchev–Trinajstić information content (AvgIpc) is 2.14. The van der Waals surface area contributed by atoms with Crippen molar-refractivity contribution in [1.29, 1.82) is 0 Å². The van der Waals surface area contributed by atoms with Gasteiger partial charge in [-0.2, -0.15) is 0 Å². The standard InChI is InChI=1S/C10H20N2O2/c1-8-5-12(7-10(13)14-4)6-9(2)11(8)3/h8-9H,5-7H2,1-4H3/t8-,9+. The van der Waals surface area contributed by atoms with E-state index in [0.29, 0.717) is 18.6 Å². The van der Waals surface area contributed by atoms with Crippen LogP contribution >= 0.6 is 0 Å². The van der Waals surface area contributed by atoms with Crippen LogP contribution in [0.3, 0.4) is 0 Å². The Morgan fingerprint density at radius 1 is 1.36 bits per heavy atom. The van der Waals surface area contributed by atoms with Crippen LogP contribution in [-0.2, 0) is 9.53 Å². The van der Waals surface area contributed by atoms with Crippen molar-refractivity contribution in [3.8, 4) is 0 Å². The van der Waals surface area contributed by atoms with Gasteiger partial charge in [0.15, 0.2) is 0 Å². The van der Waals surface area contributed by atoms with Gasteiger partial charge in [-0.3, -0.25) is 14.6 Å². The molecule has 0 amide bonds. The van der Waals surface area contributed by atoms with Crippen molar-refractivity contribution in [3.63, 3.8) is 0 Å². The molecule has 1 aliphatic rings. The number of nitrogens with zero attached hydrogens (tertiary/aromatic N) is 2. The number of piperazine rings is 1. The lowest BCUT2D eigenvalue weighted by molar-refractivity contribution is -0.142. The maximum Gasteiger partial charge on any atom is 0.319 e. The Morgan fingerprint density at radius 2 is 1.86 bits per heavy atom. The Balaban J connectivity index is 2.45. The molecule has 1 heterocycles. The molecule has 4 heteroatoms. The van der Waals surface area contributed by atoms with Crippen molar-refractivity contribution in [1.82, 2.24) is 9.80 Å². The molecule has 1 rings (SSSR count). The molecule has 0 saturated carbocycles. The summed E-state index contributed by atoms with van der Waals surface area (Å²) in [5.74, 6) is -0.144. The molecule has 0 aromatic heterocycles. The van der Waals surface area contributed by atoms with Gasteiger partial charge in [-0.05, 0) is 20.9 Å². The van der Waals surface area contributed by atoms with Crippen molar-refractivity contribution in [2.75, 3.05) is 33.8 Å². The summed E-state index contributed by atoms with van der Waals surface area (Å²) in [5, 5.41) is 0. The molecular weight excluding hydrogens is 180 g/mol. The van der Waals surface area contributed by atoms with Gasteiger partial charge < -0.3 is 4.74 Å². The number of methoxy groups -OCH3 is 1. The van der Waals surface area contributed by atoms with Gasteiger partial charge in [0.1, 0.15) is 0 Å². The minimum absolute atomic E-state index is 0.144. The van der Waals surface area contributed by atoms with Gasteiger partial charge in [0, 0.05) is 25.2 Å². The summed E-state index contributed by atoms with van der Waals surface area (Å²) in [6, 6.07) is 1.01. The highest BCUT2D eigenvalue weighted by Crippen LogP contribution is 2.12. The Hall–Kier alpha value is -0.610. The fourth-order valence-electron chi connectivity index (χ4n) is 1.89. The second kappa shape index (κ2) is 4.75. The molecule has 0 spiro atoms. The Kier molecular flexibility index (Phi) is 3.89. The van der Waals surface area contributed by atoms with Gasteiger partial charge in [0.25, 0.3) is 0 Å². The smallest absolute Gasteiger partial charge is 0.319 e. The number of likely N-dealkylation sites (N-methyl/N-ethyl adjacent to an activating group) is 1. The summed E-state index contributed by atoms with van der Waals surface area (Å²) in [6.45, 7) is 6.66. The van der Waals surface area contributed by atoms with Gasteiger partial charge in [0.05, 0.1) is 13.7 Å². The third-order valence-corrected chi connectivity index (χ3v) is 3.02. The van der Waals surface area contributed by atoms with E-state index in [0.717, 1.165) is 13.1 Å². The average molecular weight is 200 g/mol. The number of carbonyl (C=O) groups is 1. The number of rotatable bonds is 2. The highest BCUT2D eigenvalue weighted by Gasteiger charge is 2.27. The van der Waals surface area contributed by atoms with E-state index in [1.54, 1.807) is 0 Å². The molecule has 0 aromatic carbocycles. The van der Waals surface area contributed by atoms with E-state index in [9.17, 15) is 4.79 Å². The van der Waals surface area contributed by atoms with Crippen LogP contribution in [0, 0.1) is 0 Å². The lowest BCUT2D eigenvalue weighted by Crippen LogP contribution is -2.55.